The van der Waals surface area contributed by atoms with Crippen LogP contribution in [-0.4, -0.2) is 54.8 Å². The minimum atomic E-state index is -0.117. The second-order valence-corrected chi connectivity index (χ2v) is 6.29. The van der Waals surface area contributed by atoms with Gasteiger partial charge in [-0.15, -0.1) is 0 Å². The Morgan fingerprint density at radius 3 is 2.46 bits per heavy atom. The standard InChI is InChI=1S/C19H20N4O/c1-22-9-11-23(12-10-22)21-18-16-13-15(14-5-3-2-4-6-14)7-8-17(16)20-19(18)24/h2-8,13H,9-12H2,1H3,(H,20,21,24). The number of benzene rings is 2. The van der Waals surface area contributed by atoms with Crippen molar-refractivity contribution in [2.75, 3.05) is 38.5 Å². The Morgan fingerprint density at radius 1 is 0.958 bits per heavy atom. The topological polar surface area (TPSA) is 47.9 Å². The van der Waals surface area contributed by atoms with E-state index in [0.29, 0.717) is 5.71 Å². The van der Waals surface area contributed by atoms with E-state index in [1.807, 2.05) is 35.3 Å². The number of nitrogens with one attached hydrogen (secondary N) is 1. The van der Waals surface area contributed by atoms with E-state index in [1.165, 1.54) is 0 Å². The summed E-state index contributed by atoms with van der Waals surface area (Å²) < 4.78 is 0. The smallest absolute Gasteiger partial charge is 0.276 e. The van der Waals surface area contributed by atoms with E-state index in [0.717, 1.165) is 48.6 Å². The number of rotatable bonds is 2. The molecule has 0 aromatic heterocycles. The molecular formula is C19H20N4O. The Kier molecular flexibility index (Phi) is 3.78. The van der Waals surface area contributed by atoms with Gasteiger partial charge >= 0.3 is 0 Å². The summed E-state index contributed by atoms with van der Waals surface area (Å²) in [7, 11) is 2.11. The highest BCUT2D eigenvalue weighted by Crippen LogP contribution is 2.29. The highest BCUT2D eigenvalue weighted by Gasteiger charge is 2.28. The predicted molar refractivity (Wildman–Crippen MR) is 96.1 cm³/mol. The molecular weight excluding hydrogens is 300 g/mol. The van der Waals surface area contributed by atoms with Gasteiger partial charge in [0.25, 0.3) is 5.91 Å². The number of carbonyl (C=O) groups is 1. The van der Waals surface area contributed by atoms with E-state index in [9.17, 15) is 4.79 Å². The van der Waals surface area contributed by atoms with Crippen LogP contribution in [0, 0.1) is 0 Å². The zero-order chi connectivity index (χ0) is 16.5. The third-order valence-electron chi connectivity index (χ3n) is 4.57. The molecule has 24 heavy (non-hydrogen) atoms. The van der Waals surface area contributed by atoms with Crippen molar-refractivity contribution in [1.82, 2.24) is 9.91 Å². The first-order valence-electron chi connectivity index (χ1n) is 8.24. The van der Waals surface area contributed by atoms with E-state index in [2.05, 4.69) is 40.6 Å². The van der Waals surface area contributed by atoms with E-state index in [-0.39, 0.29) is 5.91 Å². The Balaban J connectivity index is 1.68. The maximum atomic E-state index is 12.3. The molecule has 0 spiro atoms. The number of amides is 1. The van der Waals surface area contributed by atoms with Crippen LogP contribution in [0.1, 0.15) is 5.56 Å². The summed E-state index contributed by atoms with van der Waals surface area (Å²) >= 11 is 0. The lowest BCUT2D eigenvalue weighted by Crippen LogP contribution is -2.42. The lowest BCUT2D eigenvalue weighted by molar-refractivity contribution is -0.110. The molecule has 0 bridgehead atoms. The van der Waals surface area contributed by atoms with Crippen molar-refractivity contribution in [3.05, 3.63) is 54.1 Å². The van der Waals surface area contributed by atoms with Crippen LogP contribution < -0.4 is 5.32 Å². The number of hydrogen-bond donors (Lipinski definition) is 1. The van der Waals surface area contributed by atoms with E-state index >= 15 is 0 Å². The van der Waals surface area contributed by atoms with Crippen molar-refractivity contribution in [3.8, 4) is 11.1 Å². The van der Waals surface area contributed by atoms with Crippen LogP contribution in [0.5, 0.6) is 0 Å². The van der Waals surface area contributed by atoms with Crippen molar-refractivity contribution in [2.24, 2.45) is 5.10 Å². The molecule has 0 saturated carbocycles. The summed E-state index contributed by atoms with van der Waals surface area (Å²) in [6.45, 7) is 3.63. The van der Waals surface area contributed by atoms with Gasteiger partial charge in [-0.2, -0.15) is 5.10 Å². The van der Waals surface area contributed by atoms with Gasteiger partial charge in [0.05, 0.1) is 5.69 Å². The minimum absolute atomic E-state index is 0.117. The van der Waals surface area contributed by atoms with Crippen molar-refractivity contribution < 1.29 is 4.79 Å². The summed E-state index contributed by atoms with van der Waals surface area (Å²) in [5, 5.41) is 9.55. The normalized spacial score (nSPS) is 19.5. The number of piperazine rings is 1. The van der Waals surface area contributed by atoms with Crippen molar-refractivity contribution >= 4 is 17.3 Å². The number of hydrazone groups is 1. The number of hydrogen-bond acceptors (Lipinski definition) is 4. The highest BCUT2D eigenvalue weighted by atomic mass is 16.2. The number of nitrogens with zero attached hydrogens (tertiary/aromatic N) is 3. The fourth-order valence-electron chi connectivity index (χ4n) is 3.10. The predicted octanol–water partition coefficient (Wildman–Crippen LogP) is 2.26. The third kappa shape index (κ3) is 2.78. The van der Waals surface area contributed by atoms with Gasteiger partial charge in [0.2, 0.25) is 0 Å². The molecule has 122 valence electrons. The number of likely N-dealkylation sites (N-methyl/N-ethyl adjacent to an activating group) is 1. The molecule has 2 aliphatic rings. The molecule has 1 amide bonds. The first kappa shape index (κ1) is 14.9. The van der Waals surface area contributed by atoms with E-state index in [1.54, 1.807) is 0 Å². The van der Waals surface area contributed by atoms with Gasteiger partial charge in [0.1, 0.15) is 0 Å². The second kappa shape index (κ2) is 6.09. The van der Waals surface area contributed by atoms with Crippen molar-refractivity contribution in [1.29, 1.82) is 0 Å². The molecule has 0 unspecified atom stereocenters. The number of anilines is 1. The zero-order valence-electron chi connectivity index (χ0n) is 13.7. The molecule has 1 N–H and O–H groups in total. The minimum Gasteiger partial charge on any atom is -0.320 e. The molecule has 2 heterocycles. The summed E-state index contributed by atoms with van der Waals surface area (Å²) in [6.07, 6.45) is 0. The Bertz CT molecular complexity index is 792. The maximum Gasteiger partial charge on any atom is 0.276 e. The molecule has 1 fully saturated rings. The largest absolute Gasteiger partial charge is 0.320 e. The molecule has 2 aliphatic heterocycles. The Labute approximate surface area is 141 Å². The van der Waals surface area contributed by atoms with Crippen LogP contribution in [0.2, 0.25) is 0 Å². The summed E-state index contributed by atoms with van der Waals surface area (Å²) in [4.78, 5) is 14.6. The summed E-state index contributed by atoms with van der Waals surface area (Å²) in [5.41, 5.74) is 4.48. The quantitative estimate of drug-likeness (QED) is 0.923. The molecule has 4 rings (SSSR count). The first-order chi connectivity index (χ1) is 11.7. The fraction of sp³-hybridized carbons (Fsp3) is 0.263. The average molecular weight is 320 g/mol. The van der Waals surface area contributed by atoms with Gasteiger partial charge in [0, 0.05) is 31.7 Å². The highest BCUT2D eigenvalue weighted by molar-refractivity contribution is 6.53. The molecule has 1 saturated heterocycles. The monoisotopic (exact) mass is 320 g/mol. The number of carbonyl (C=O) groups excluding carboxylic acids is 1. The lowest BCUT2D eigenvalue weighted by Gasteiger charge is -2.30. The molecule has 0 atom stereocenters. The van der Waals surface area contributed by atoms with Gasteiger partial charge in [-0.1, -0.05) is 36.4 Å². The maximum absolute atomic E-state index is 12.3. The Hall–Kier alpha value is -2.66. The SMILES string of the molecule is CN1CCN(/N=C2/C(=O)Nc3ccc(-c4ccccc4)cc32)CC1. The van der Waals surface area contributed by atoms with E-state index < -0.39 is 0 Å². The molecule has 5 nitrogen and oxygen atoms in total. The summed E-state index contributed by atoms with van der Waals surface area (Å²) in [6, 6.07) is 16.2. The third-order valence-corrected chi connectivity index (χ3v) is 4.57. The van der Waals surface area contributed by atoms with Gasteiger partial charge < -0.3 is 10.2 Å². The van der Waals surface area contributed by atoms with Crippen molar-refractivity contribution in [3.63, 3.8) is 0 Å². The Morgan fingerprint density at radius 2 is 1.71 bits per heavy atom. The fourth-order valence-corrected chi connectivity index (χ4v) is 3.10. The summed E-state index contributed by atoms with van der Waals surface area (Å²) in [5.74, 6) is -0.117. The zero-order valence-corrected chi connectivity index (χ0v) is 13.7. The van der Waals surface area contributed by atoms with E-state index in [4.69, 9.17) is 0 Å². The second-order valence-electron chi connectivity index (χ2n) is 6.29. The van der Waals surface area contributed by atoms with Crippen molar-refractivity contribution in [2.45, 2.75) is 0 Å². The lowest BCUT2D eigenvalue weighted by atomic mass is 10.0. The molecule has 2 aromatic rings. The first-order valence-corrected chi connectivity index (χ1v) is 8.24. The van der Waals surface area contributed by atoms with Gasteiger partial charge in [-0.05, 0) is 30.3 Å². The molecule has 0 radical (unpaired) electrons. The average Bonchev–Trinajstić information content (AvgIpc) is 2.92. The molecule has 0 aliphatic carbocycles. The van der Waals surface area contributed by atoms with Crippen LogP contribution in [0.25, 0.3) is 11.1 Å². The van der Waals surface area contributed by atoms with Gasteiger partial charge in [-0.3, -0.25) is 9.80 Å². The number of fused-ring (bicyclic) bond motifs is 1. The van der Waals surface area contributed by atoms with Crippen LogP contribution in [-0.2, 0) is 4.79 Å². The van der Waals surface area contributed by atoms with Gasteiger partial charge in [0.15, 0.2) is 5.71 Å². The molecule has 5 heteroatoms. The van der Waals surface area contributed by atoms with Crippen LogP contribution in [0.15, 0.2) is 53.6 Å². The van der Waals surface area contributed by atoms with Gasteiger partial charge in [-0.25, -0.2) is 0 Å². The molecule has 2 aromatic carbocycles. The van der Waals surface area contributed by atoms with Crippen LogP contribution in [0.3, 0.4) is 0 Å². The van der Waals surface area contributed by atoms with Crippen LogP contribution >= 0.6 is 0 Å². The van der Waals surface area contributed by atoms with Crippen LogP contribution in [0.4, 0.5) is 5.69 Å².